The van der Waals surface area contributed by atoms with Crippen LogP contribution < -0.4 is 10.1 Å². The van der Waals surface area contributed by atoms with E-state index in [2.05, 4.69) is 11.4 Å². The minimum atomic E-state index is -0.966. The smallest absolute Gasteiger partial charge is 0.407 e. The molecule has 1 amide bonds. The van der Waals surface area contributed by atoms with Gasteiger partial charge in [-0.15, -0.1) is 0 Å². The van der Waals surface area contributed by atoms with Gasteiger partial charge in [0.1, 0.15) is 24.2 Å². The summed E-state index contributed by atoms with van der Waals surface area (Å²) in [6, 6.07) is 21.4. The van der Waals surface area contributed by atoms with E-state index in [1.165, 1.54) is 4.90 Å². The van der Waals surface area contributed by atoms with Gasteiger partial charge in [0.15, 0.2) is 0 Å². The predicted molar refractivity (Wildman–Crippen MR) is 135 cm³/mol. The molecule has 0 bridgehead atoms. The second-order valence-corrected chi connectivity index (χ2v) is 8.62. The fraction of sp³-hybridized carbons (Fsp3) is 0.321. The van der Waals surface area contributed by atoms with Gasteiger partial charge in [-0.05, 0) is 55.0 Å². The largest absolute Gasteiger partial charge is 0.488 e. The van der Waals surface area contributed by atoms with Gasteiger partial charge in [-0.25, -0.2) is 9.78 Å². The van der Waals surface area contributed by atoms with E-state index in [1.54, 1.807) is 0 Å². The van der Waals surface area contributed by atoms with E-state index in [1.807, 2.05) is 67.6 Å². The highest BCUT2D eigenvalue weighted by Crippen LogP contribution is 2.39. The predicted octanol–water partition coefficient (Wildman–Crippen LogP) is 6.23. The molecule has 7 heteroatoms. The molecule has 0 radical (unpaired) electrons. The van der Waals surface area contributed by atoms with Crippen LogP contribution in [0.4, 0.5) is 10.6 Å². The maximum Gasteiger partial charge on any atom is 0.407 e. The third kappa shape index (κ3) is 5.55. The first-order chi connectivity index (χ1) is 17.1. The molecule has 1 fully saturated rings. The van der Waals surface area contributed by atoms with Gasteiger partial charge in [-0.2, -0.15) is 5.26 Å². The Morgan fingerprint density at radius 3 is 2.71 bits per heavy atom. The lowest BCUT2D eigenvalue weighted by Crippen LogP contribution is -2.38. The Labute approximate surface area is 206 Å². The zero-order valence-electron chi connectivity index (χ0n) is 19.9. The van der Waals surface area contributed by atoms with E-state index in [9.17, 15) is 15.2 Å². The van der Waals surface area contributed by atoms with Crippen LogP contribution in [-0.2, 0) is 6.61 Å². The molecule has 1 aliphatic rings. The van der Waals surface area contributed by atoms with Crippen LogP contribution >= 0.6 is 0 Å². The quantitative estimate of drug-likeness (QED) is 0.405. The Bertz CT molecular complexity index is 1210. The molecule has 7 nitrogen and oxygen atoms in total. The van der Waals surface area contributed by atoms with Gasteiger partial charge in [0.25, 0.3) is 0 Å². The van der Waals surface area contributed by atoms with Crippen molar-refractivity contribution in [3.05, 3.63) is 77.4 Å². The number of nitriles is 1. The molecule has 1 saturated heterocycles. The summed E-state index contributed by atoms with van der Waals surface area (Å²) in [5.74, 6) is 1.16. The first kappa shape index (κ1) is 24.1. The Morgan fingerprint density at radius 2 is 1.97 bits per heavy atom. The van der Waals surface area contributed by atoms with Gasteiger partial charge in [-0.3, -0.25) is 0 Å². The number of hydrogen-bond donors (Lipinski definition) is 2. The van der Waals surface area contributed by atoms with Crippen LogP contribution in [0, 0.1) is 11.3 Å². The number of benzene rings is 2. The average Bonchev–Trinajstić information content (AvgIpc) is 2.90. The summed E-state index contributed by atoms with van der Waals surface area (Å²) in [4.78, 5) is 18.3. The second-order valence-electron chi connectivity index (χ2n) is 8.62. The Balaban J connectivity index is 1.79. The summed E-state index contributed by atoms with van der Waals surface area (Å²) in [6.45, 7) is 3.57. The highest BCUT2D eigenvalue weighted by molar-refractivity contribution is 5.73. The zero-order valence-corrected chi connectivity index (χ0v) is 19.9. The normalized spacial score (nSPS) is 15.3. The minimum Gasteiger partial charge on any atom is -0.488 e. The molecule has 1 aromatic heterocycles. The van der Waals surface area contributed by atoms with Crippen LogP contribution in [0.1, 0.15) is 55.3 Å². The van der Waals surface area contributed by atoms with E-state index in [0.29, 0.717) is 54.5 Å². The number of anilines is 1. The fourth-order valence-corrected chi connectivity index (χ4v) is 4.48. The monoisotopic (exact) mass is 470 g/mol. The third-order valence-corrected chi connectivity index (χ3v) is 6.21. The molecular formula is C28H30N4O3. The number of nitrogens with zero attached hydrogens (tertiary/aromatic N) is 3. The van der Waals surface area contributed by atoms with Crippen molar-refractivity contribution >= 4 is 11.9 Å². The molecule has 3 aromatic rings. The molecule has 1 aliphatic heterocycles. The molecule has 2 aromatic carbocycles. The van der Waals surface area contributed by atoms with Crippen molar-refractivity contribution in [2.75, 3.05) is 18.4 Å². The third-order valence-electron chi connectivity index (χ3n) is 6.21. The maximum absolute atomic E-state index is 12.0. The van der Waals surface area contributed by atoms with Crippen molar-refractivity contribution in [3.8, 4) is 23.1 Å². The van der Waals surface area contributed by atoms with Crippen LogP contribution in [0.5, 0.6) is 5.75 Å². The minimum absolute atomic E-state index is 0.391. The Kier molecular flexibility index (Phi) is 7.84. The van der Waals surface area contributed by atoms with Crippen molar-refractivity contribution in [2.45, 2.75) is 45.3 Å². The van der Waals surface area contributed by atoms with Gasteiger partial charge in [0, 0.05) is 18.7 Å². The topological polar surface area (TPSA) is 98.5 Å². The number of pyridine rings is 1. The molecular weight excluding hydrogens is 440 g/mol. The van der Waals surface area contributed by atoms with E-state index < -0.39 is 12.1 Å². The molecule has 1 unspecified atom stereocenters. The number of para-hydroxylation sites is 1. The van der Waals surface area contributed by atoms with Crippen molar-refractivity contribution in [1.29, 1.82) is 5.26 Å². The average molecular weight is 471 g/mol. The molecule has 2 N–H and O–H groups in total. The van der Waals surface area contributed by atoms with Crippen molar-refractivity contribution in [3.63, 3.8) is 0 Å². The second kappa shape index (κ2) is 11.4. The van der Waals surface area contributed by atoms with Crippen LogP contribution in [0.25, 0.3) is 11.3 Å². The van der Waals surface area contributed by atoms with Crippen molar-refractivity contribution in [1.82, 2.24) is 9.88 Å². The number of likely N-dealkylation sites (tertiary alicyclic amines) is 1. The lowest BCUT2D eigenvalue weighted by atomic mass is 9.91. The maximum atomic E-state index is 12.0. The fourth-order valence-electron chi connectivity index (χ4n) is 4.48. The number of amides is 1. The summed E-state index contributed by atoms with van der Waals surface area (Å²) < 4.78 is 6.17. The van der Waals surface area contributed by atoms with Gasteiger partial charge >= 0.3 is 6.09 Å². The molecule has 2 heterocycles. The van der Waals surface area contributed by atoms with Gasteiger partial charge in [0.2, 0.25) is 0 Å². The van der Waals surface area contributed by atoms with Crippen molar-refractivity contribution in [2.24, 2.45) is 0 Å². The van der Waals surface area contributed by atoms with Crippen LogP contribution in [0.3, 0.4) is 0 Å². The highest BCUT2D eigenvalue weighted by atomic mass is 16.5. The summed E-state index contributed by atoms with van der Waals surface area (Å²) >= 11 is 0. The summed E-state index contributed by atoms with van der Waals surface area (Å²) in [5, 5.41) is 23.2. The highest BCUT2D eigenvalue weighted by Gasteiger charge is 2.31. The van der Waals surface area contributed by atoms with E-state index in [0.717, 1.165) is 30.4 Å². The SMILES string of the molecule is CCCNc1nc(-c2ccccc2OCc2ccccc2)cc(C2CCCCN2C(=O)O)c1C#N. The van der Waals surface area contributed by atoms with Gasteiger partial charge < -0.3 is 20.1 Å². The first-order valence-corrected chi connectivity index (χ1v) is 12.1. The van der Waals surface area contributed by atoms with Gasteiger partial charge in [0.05, 0.1) is 17.3 Å². The van der Waals surface area contributed by atoms with Gasteiger partial charge in [-0.1, -0.05) is 49.4 Å². The Morgan fingerprint density at radius 1 is 1.20 bits per heavy atom. The standard InChI is InChI=1S/C28H30N4O3/c1-2-15-30-27-23(18-29)22(25-13-8-9-16-32(25)28(33)34)17-24(31-27)21-12-6-7-14-26(21)35-19-20-10-4-3-5-11-20/h3-7,10-12,14,17,25H,2,8-9,13,15-16,19H2,1H3,(H,30,31)(H,33,34). The zero-order chi connectivity index (χ0) is 24.6. The summed E-state index contributed by atoms with van der Waals surface area (Å²) in [7, 11) is 0. The first-order valence-electron chi connectivity index (χ1n) is 12.1. The Hall–Kier alpha value is -4.05. The molecule has 180 valence electrons. The lowest BCUT2D eigenvalue weighted by molar-refractivity contribution is 0.106. The molecule has 0 saturated carbocycles. The lowest BCUT2D eigenvalue weighted by Gasteiger charge is -2.34. The number of rotatable bonds is 8. The van der Waals surface area contributed by atoms with E-state index >= 15 is 0 Å². The molecule has 0 spiro atoms. The van der Waals surface area contributed by atoms with Crippen LogP contribution in [-0.4, -0.2) is 34.2 Å². The molecule has 0 aliphatic carbocycles. The number of carbonyl (C=O) groups is 1. The number of piperidine rings is 1. The van der Waals surface area contributed by atoms with E-state index in [-0.39, 0.29) is 0 Å². The number of aromatic nitrogens is 1. The van der Waals surface area contributed by atoms with Crippen molar-refractivity contribution < 1.29 is 14.6 Å². The molecule has 4 rings (SSSR count). The number of hydrogen-bond acceptors (Lipinski definition) is 5. The number of ether oxygens (including phenoxy) is 1. The number of carboxylic acid groups (broad SMARTS) is 1. The summed E-state index contributed by atoms with van der Waals surface area (Å²) in [5.41, 5.74) is 3.60. The molecule has 1 atom stereocenters. The van der Waals surface area contributed by atoms with E-state index in [4.69, 9.17) is 9.72 Å². The summed E-state index contributed by atoms with van der Waals surface area (Å²) in [6.07, 6.45) is 2.30. The van der Waals surface area contributed by atoms with Crippen LogP contribution in [0.2, 0.25) is 0 Å². The van der Waals surface area contributed by atoms with Crippen LogP contribution in [0.15, 0.2) is 60.7 Å². The number of nitrogens with one attached hydrogen (secondary N) is 1. The molecule has 35 heavy (non-hydrogen) atoms.